The van der Waals surface area contributed by atoms with Gasteiger partial charge in [0.25, 0.3) is 0 Å². The van der Waals surface area contributed by atoms with Crippen LogP contribution < -0.4 is 15.5 Å². The van der Waals surface area contributed by atoms with Gasteiger partial charge in [-0.3, -0.25) is 9.59 Å². The standard InChI is InChI=1S/C22H27N3O2/c1-14(2)19-7-5-6-8-20(19)24-22(27)15(3)23-18-9-10-21-17(13-18)11-12-25(21)16(4)26/h5-10,13-15,23H,11-12H2,1-4H3,(H,24,27)/t15-/m0/s1. The topological polar surface area (TPSA) is 61.4 Å². The number of anilines is 3. The number of benzene rings is 2. The number of nitrogens with zero attached hydrogens (tertiary/aromatic N) is 1. The molecule has 0 saturated carbocycles. The van der Waals surface area contributed by atoms with Crippen LogP contribution in [-0.4, -0.2) is 24.4 Å². The molecular weight excluding hydrogens is 338 g/mol. The molecule has 5 heteroatoms. The van der Waals surface area contributed by atoms with Crippen LogP contribution in [0.25, 0.3) is 0 Å². The predicted molar refractivity (Wildman–Crippen MR) is 110 cm³/mol. The molecule has 2 N–H and O–H groups in total. The van der Waals surface area contributed by atoms with E-state index in [0.29, 0.717) is 5.92 Å². The molecule has 2 aromatic carbocycles. The van der Waals surface area contributed by atoms with Gasteiger partial charge in [0.15, 0.2) is 0 Å². The van der Waals surface area contributed by atoms with Crippen LogP contribution in [-0.2, 0) is 16.0 Å². The molecule has 5 nitrogen and oxygen atoms in total. The normalized spacial score (nSPS) is 14.0. The van der Waals surface area contributed by atoms with Crippen LogP contribution >= 0.6 is 0 Å². The Morgan fingerprint density at radius 3 is 2.52 bits per heavy atom. The first kappa shape index (κ1) is 19.0. The van der Waals surface area contributed by atoms with E-state index in [1.807, 2.05) is 49.4 Å². The van der Waals surface area contributed by atoms with Crippen LogP contribution in [0.15, 0.2) is 42.5 Å². The highest BCUT2D eigenvalue weighted by atomic mass is 16.2. The third-order valence-electron chi connectivity index (χ3n) is 4.97. The summed E-state index contributed by atoms with van der Waals surface area (Å²) in [6.07, 6.45) is 0.840. The van der Waals surface area contributed by atoms with Gasteiger partial charge in [-0.2, -0.15) is 0 Å². The molecule has 2 amide bonds. The van der Waals surface area contributed by atoms with E-state index < -0.39 is 0 Å². The maximum atomic E-state index is 12.6. The predicted octanol–water partition coefficient (Wildman–Crippen LogP) is 4.16. The molecular formula is C22H27N3O2. The van der Waals surface area contributed by atoms with Crippen molar-refractivity contribution in [1.29, 1.82) is 0 Å². The lowest BCUT2D eigenvalue weighted by molar-refractivity contribution is -0.117. The fourth-order valence-corrected chi connectivity index (χ4v) is 3.49. The first-order chi connectivity index (χ1) is 12.9. The molecule has 0 fully saturated rings. The number of nitrogens with one attached hydrogen (secondary N) is 2. The quantitative estimate of drug-likeness (QED) is 0.836. The highest BCUT2D eigenvalue weighted by molar-refractivity contribution is 5.97. The number of carbonyl (C=O) groups is 2. The molecule has 0 aromatic heterocycles. The zero-order chi connectivity index (χ0) is 19.6. The molecule has 0 spiro atoms. The van der Waals surface area contributed by atoms with E-state index >= 15 is 0 Å². The zero-order valence-corrected chi connectivity index (χ0v) is 16.4. The summed E-state index contributed by atoms with van der Waals surface area (Å²) < 4.78 is 0. The average Bonchev–Trinajstić information content (AvgIpc) is 3.05. The summed E-state index contributed by atoms with van der Waals surface area (Å²) in [5.41, 5.74) is 4.97. The number of fused-ring (bicyclic) bond motifs is 1. The van der Waals surface area contributed by atoms with E-state index in [0.717, 1.165) is 41.2 Å². The summed E-state index contributed by atoms with van der Waals surface area (Å²) in [5.74, 6) is 0.325. The summed E-state index contributed by atoms with van der Waals surface area (Å²) in [6, 6.07) is 13.4. The molecule has 1 atom stereocenters. The van der Waals surface area contributed by atoms with Gasteiger partial charge >= 0.3 is 0 Å². The highest BCUT2D eigenvalue weighted by Gasteiger charge is 2.23. The van der Waals surface area contributed by atoms with Gasteiger partial charge in [-0.15, -0.1) is 0 Å². The molecule has 0 unspecified atom stereocenters. The molecule has 27 heavy (non-hydrogen) atoms. The highest BCUT2D eigenvalue weighted by Crippen LogP contribution is 2.31. The van der Waals surface area contributed by atoms with Crippen molar-refractivity contribution >= 4 is 28.9 Å². The van der Waals surface area contributed by atoms with Crippen LogP contribution in [0.2, 0.25) is 0 Å². The summed E-state index contributed by atoms with van der Waals surface area (Å²) in [6.45, 7) is 8.38. The Kier molecular flexibility index (Phi) is 5.49. The van der Waals surface area contributed by atoms with Crippen molar-refractivity contribution in [3.8, 4) is 0 Å². The Labute approximate surface area is 160 Å². The Morgan fingerprint density at radius 1 is 1.07 bits per heavy atom. The van der Waals surface area contributed by atoms with E-state index in [2.05, 4.69) is 24.5 Å². The summed E-state index contributed by atoms with van der Waals surface area (Å²) in [4.78, 5) is 26.1. The second-order valence-corrected chi connectivity index (χ2v) is 7.36. The van der Waals surface area contributed by atoms with E-state index in [9.17, 15) is 9.59 Å². The number of amides is 2. The van der Waals surface area contributed by atoms with E-state index in [1.165, 1.54) is 0 Å². The van der Waals surface area contributed by atoms with Gasteiger partial charge in [0.05, 0.1) is 0 Å². The van der Waals surface area contributed by atoms with Crippen molar-refractivity contribution in [3.05, 3.63) is 53.6 Å². The van der Waals surface area contributed by atoms with Gasteiger partial charge in [0, 0.05) is 30.5 Å². The first-order valence-corrected chi connectivity index (χ1v) is 9.44. The van der Waals surface area contributed by atoms with Gasteiger partial charge in [0.2, 0.25) is 11.8 Å². The van der Waals surface area contributed by atoms with Gasteiger partial charge < -0.3 is 15.5 Å². The van der Waals surface area contributed by atoms with Crippen molar-refractivity contribution in [2.24, 2.45) is 0 Å². The van der Waals surface area contributed by atoms with Crippen LogP contribution in [0, 0.1) is 0 Å². The van der Waals surface area contributed by atoms with E-state index in [1.54, 1.807) is 11.8 Å². The monoisotopic (exact) mass is 365 g/mol. The maximum absolute atomic E-state index is 12.6. The van der Waals surface area contributed by atoms with Crippen LogP contribution in [0.1, 0.15) is 44.7 Å². The lowest BCUT2D eigenvalue weighted by Gasteiger charge is -2.19. The number of rotatable bonds is 5. The van der Waals surface area contributed by atoms with Crippen LogP contribution in [0.4, 0.5) is 17.1 Å². The zero-order valence-electron chi connectivity index (χ0n) is 16.4. The van der Waals surface area contributed by atoms with Crippen molar-refractivity contribution in [2.75, 3.05) is 22.1 Å². The summed E-state index contributed by atoms with van der Waals surface area (Å²) >= 11 is 0. The maximum Gasteiger partial charge on any atom is 0.246 e. The Hall–Kier alpha value is -2.82. The molecule has 0 aliphatic carbocycles. The van der Waals surface area contributed by atoms with Crippen molar-refractivity contribution in [1.82, 2.24) is 0 Å². The van der Waals surface area contributed by atoms with Gasteiger partial charge in [-0.05, 0) is 54.7 Å². The second-order valence-electron chi connectivity index (χ2n) is 7.36. The molecule has 0 bridgehead atoms. The number of para-hydroxylation sites is 1. The molecule has 1 aliphatic rings. The van der Waals surface area contributed by atoms with Crippen molar-refractivity contribution in [2.45, 2.75) is 46.1 Å². The third-order valence-corrected chi connectivity index (χ3v) is 4.97. The minimum absolute atomic E-state index is 0.0611. The third kappa shape index (κ3) is 4.13. The Morgan fingerprint density at radius 2 is 1.81 bits per heavy atom. The van der Waals surface area contributed by atoms with E-state index in [4.69, 9.17) is 0 Å². The largest absolute Gasteiger partial charge is 0.374 e. The molecule has 0 saturated heterocycles. The molecule has 2 aromatic rings. The number of hydrogen-bond acceptors (Lipinski definition) is 3. The fraction of sp³-hybridized carbons (Fsp3) is 0.364. The molecule has 3 rings (SSSR count). The Balaban J connectivity index is 1.68. The molecule has 1 heterocycles. The van der Waals surface area contributed by atoms with Crippen molar-refractivity contribution < 1.29 is 9.59 Å². The Bertz CT molecular complexity index is 860. The van der Waals surface area contributed by atoms with Crippen LogP contribution in [0.5, 0.6) is 0 Å². The van der Waals surface area contributed by atoms with Gasteiger partial charge in [-0.25, -0.2) is 0 Å². The minimum Gasteiger partial charge on any atom is -0.374 e. The molecule has 0 radical (unpaired) electrons. The lowest BCUT2D eigenvalue weighted by atomic mass is 10.0. The first-order valence-electron chi connectivity index (χ1n) is 9.44. The summed E-state index contributed by atoms with van der Waals surface area (Å²) in [7, 11) is 0. The van der Waals surface area contributed by atoms with Gasteiger partial charge in [0.1, 0.15) is 6.04 Å². The fourth-order valence-electron chi connectivity index (χ4n) is 3.49. The summed E-state index contributed by atoms with van der Waals surface area (Å²) in [5, 5.41) is 6.30. The number of hydrogen-bond donors (Lipinski definition) is 2. The van der Waals surface area contributed by atoms with E-state index in [-0.39, 0.29) is 17.9 Å². The minimum atomic E-state index is -0.381. The SMILES string of the molecule is CC(=O)N1CCc2cc(N[C@@H](C)C(=O)Nc3ccccc3C(C)C)ccc21. The number of carbonyl (C=O) groups excluding carboxylic acids is 2. The lowest BCUT2D eigenvalue weighted by Crippen LogP contribution is -2.32. The average molecular weight is 365 g/mol. The molecule has 1 aliphatic heterocycles. The smallest absolute Gasteiger partial charge is 0.246 e. The van der Waals surface area contributed by atoms with Crippen molar-refractivity contribution in [3.63, 3.8) is 0 Å². The van der Waals surface area contributed by atoms with Gasteiger partial charge in [-0.1, -0.05) is 32.0 Å². The second kappa shape index (κ2) is 7.82. The van der Waals surface area contributed by atoms with Crippen LogP contribution in [0.3, 0.4) is 0 Å². The molecule has 142 valence electrons.